The largest absolute Gasteiger partial charge is 0.488 e. The SMILES string of the molecule is COc1c(N2CC[C@@H](S(C)(=O)=O)C2)cc(C(=O)Nc2nnc(/N=C(C)/C=C\N)s2)oc1=O. The molecule has 1 aliphatic heterocycles. The first-order valence-electron chi connectivity index (χ1n) is 9.36. The first-order valence-corrected chi connectivity index (χ1v) is 12.1. The average molecular weight is 483 g/mol. The summed E-state index contributed by atoms with van der Waals surface area (Å²) in [7, 11) is -1.95. The lowest BCUT2D eigenvalue weighted by Crippen LogP contribution is -2.28. The van der Waals surface area contributed by atoms with E-state index in [4.69, 9.17) is 14.9 Å². The van der Waals surface area contributed by atoms with Crippen LogP contribution in [-0.4, -0.2) is 61.9 Å². The highest BCUT2D eigenvalue weighted by molar-refractivity contribution is 7.91. The number of nitrogens with two attached hydrogens (primary N) is 1. The quantitative estimate of drug-likeness (QED) is 0.541. The van der Waals surface area contributed by atoms with Gasteiger partial charge < -0.3 is 19.8 Å². The monoisotopic (exact) mass is 482 g/mol. The van der Waals surface area contributed by atoms with Gasteiger partial charge in [0, 0.05) is 31.1 Å². The van der Waals surface area contributed by atoms with Crippen molar-refractivity contribution in [1.82, 2.24) is 10.2 Å². The van der Waals surface area contributed by atoms with Crippen molar-refractivity contribution in [3.05, 3.63) is 34.5 Å². The molecule has 0 aliphatic carbocycles. The molecule has 1 fully saturated rings. The van der Waals surface area contributed by atoms with Crippen molar-refractivity contribution in [1.29, 1.82) is 0 Å². The maximum atomic E-state index is 12.7. The number of sulfone groups is 1. The smallest absolute Gasteiger partial charge is 0.381 e. The van der Waals surface area contributed by atoms with Gasteiger partial charge in [0.1, 0.15) is 0 Å². The number of ether oxygens (including phenoxy) is 1. The Morgan fingerprint density at radius 3 is 2.84 bits per heavy atom. The van der Waals surface area contributed by atoms with Crippen molar-refractivity contribution in [3.63, 3.8) is 0 Å². The molecule has 2 aromatic heterocycles. The van der Waals surface area contributed by atoms with Crippen LogP contribution in [0, 0.1) is 0 Å². The van der Waals surface area contributed by atoms with E-state index in [1.807, 2.05) is 0 Å². The normalized spacial score (nSPS) is 17.2. The number of hydrogen-bond acceptors (Lipinski definition) is 12. The molecule has 0 aromatic carbocycles. The molecule has 32 heavy (non-hydrogen) atoms. The van der Waals surface area contributed by atoms with Crippen LogP contribution in [0.5, 0.6) is 5.75 Å². The Hall–Kier alpha value is -3.26. The second kappa shape index (κ2) is 9.48. The summed E-state index contributed by atoms with van der Waals surface area (Å²) in [6.07, 6.45) is 4.49. The zero-order valence-corrected chi connectivity index (χ0v) is 19.2. The van der Waals surface area contributed by atoms with E-state index in [9.17, 15) is 18.0 Å². The van der Waals surface area contributed by atoms with Gasteiger partial charge in [-0.25, -0.2) is 18.2 Å². The number of nitrogens with zero attached hydrogens (tertiary/aromatic N) is 4. The lowest BCUT2D eigenvalue weighted by Gasteiger charge is -2.20. The van der Waals surface area contributed by atoms with Crippen LogP contribution in [0.25, 0.3) is 0 Å². The standard InChI is InChI=1S/C18H22N6O6S2/c1-10(4-6-19)20-17-22-23-18(31-17)21-15(25)13-8-12(14(29-2)16(26)30-13)24-7-5-11(9-24)32(3,27)28/h4,6,8,11H,5,7,9,19H2,1-3H3,(H,21,23,25)/b6-4-,20-10+/t11-/m1/s1. The predicted molar refractivity (Wildman–Crippen MR) is 121 cm³/mol. The van der Waals surface area contributed by atoms with E-state index in [-0.39, 0.29) is 28.9 Å². The van der Waals surface area contributed by atoms with Crippen molar-refractivity contribution in [3.8, 4) is 5.75 Å². The van der Waals surface area contributed by atoms with Crippen molar-refractivity contribution >= 4 is 48.7 Å². The fourth-order valence-corrected chi connectivity index (χ4v) is 4.75. The van der Waals surface area contributed by atoms with E-state index in [2.05, 4.69) is 20.5 Å². The van der Waals surface area contributed by atoms with E-state index in [0.29, 0.717) is 23.8 Å². The Morgan fingerprint density at radius 2 is 2.22 bits per heavy atom. The number of nitrogens with one attached hydrogen (secondary N) is 1. The van der Waals surface area contributed by atoms with Crippen molar-refractivity contribution in [2.45, 2.75) is 18.6 Å². The molecule has 0 bridgehead atoms. The topological polar surface area (TPSA) is 170 Å². The fraction of sp³-hybridized carbons (Fsp3) is 0.389. The molecular formula is C18H22N6O6S2. The minimum absolute atomic E-state index is 0.105. The van der Waals surface area contributed by atoms with Crippen LogP contribution < -0.4 is 26.3 Å². The molecule has 3 heterocycles. The summed E-state index contributed by atoms with van der Waals surface area (Å²) in [5.41, 5.74) is 5.34. The highest BCUT2D eigenvalue weighted by Crippen LogP contribution is 2.31. The van der Waals surface area contributed by atoms with Crippen molar-refractivity contribution in [2.24, 2.45) is 10.7 Å². The molecule has 2 aromatic rings. The molecule has 0 saturated carbocycles. The van der Waals surface area contributed by atoms with Crippen LogP contribution in [0.4, 0.5) is 16.0 Å². The Kier molecular flexibility index (Phi) is 6.93. The average Bonchev–Trinajstić information content (AvgIpc) is 3.37. The van der Waals surface area contributed by atoms with Gasteiger partial charge in [0.25, 0.3) is 5.91 Å². The maximum absolute atomic E-state index is 12.7. The molecule has 3 N–H and O–H groups in total. The number of allylic oxidation sites excluding steroid dienone is 1. The fourth-order valence-electron chi connectivity index (χ4n) is 3.10. The molecule has 172 valence electrons. The van der Waals surface area contributed by atoms with E-state index in [1.165, 1.54) is 25.6 Å². The molecule has 0 spiro atoms. The third-order valence-corrected chi connectivity index (χ3v) is 6.98. The molecule has 14 heteroatoms. The zero-order chi connectivity index (χ0) is 23.5. The van der Waals surface area contributed by atoms with Gasteiger partial charge in [-0.2, -0.15) is 0 Å². The van der Waals surface area contributed by atoms with Crippen molar-refractivity contribution < 1.29 is 22.4 Å². The van der Waals surface area contributed by atoms with Gasteiger partial charge in [-0.15, -0.1) is 10.2 Å². The lowest BCUT2D eigenvalue weighted by molar-refractivity contribution is 0.0991. The Morgan fingerprint density at radius 1 is 1.47 bits per heavy atom. The van der Waals surface area contributed by atoms with Gasteiger partial charge in [0.05, 0.1) is 18.0 Å². The van der Waals surface area contributed by atoms with Gasteiger partial charge >= 0.3 is 5.63 Å². The number of aromatic nitrogens is 2. The highest BCUT2D eigenvalue weighted by Gasteiger charge is 2.33. The first kappa shape index (κ1) is 23.4. The Balaban J connectivity index is 1.84. The summed E-state index contributed by atoms with van der Waals surface area (Å²) < 4.78 is 34.0. The van der Waals surface area contributed by atoms with E-state index >= 15 is 0 Å². The lowest BCUT2D eigenvalue weighted by atomic mass is 10.3. The molecule has 1 saturated heterocycles. The van der Waals surface area contributed by atoms with Gasteiger partial charge in [-0.05, 0) is 25.6 Å². The van der Waals surface area contributed by atoms with Crippen LogP contribution >= 0.6 is 11.3 Å². The molecule has 3 rings (SSSR count). The van der Waals surface area contributed by atoms with Crippen LogP contribution in [0.3, 0.4) is 0 Å². The van der Waals surface area contributed by atoms with E-state index in [1.54, 1.807) is 17.9 Å². The zero-order valence-electron chi connectivity index (χ0n) is 17.6. The second-order valence-electron chi connectivity index (χ2n) is 6.96. The third kappa shape index (κ3) is 5.31. The summed E-state index contributed by atoms with van der Waals surface area (Å²) in [5, 5.41) is 10.1. The van der Waals surface area contributed by atoms with Crippen LogP contribution in [0.2, 0.25) is 0 Å². The number of carbonyl (C=O) groups excluding carboxylic acids is 1. The number of rotatable bonds is 7. The molecule has 1 atom stereocenters. The molecule has 12 nitrogen and oxygen atoms in total. The second-order valence-corrected chi connectivity index (χ2v) is 10.2. The number of hydrogen-bond donors (Lipinski definition) is 2. The number of aliphatic imine (C=N–C) groups is 1. The minimum Gasteiger partial charge on any atom is -0.488 e. The van der Waals surface area contributed by atoms with E-state index in [0.717, 1.165) is 11.3 Å². The summed E-state index contributed by atoms with van der Waals surface area (Å²) in [5.74, 6) is -1.11. The summed E-state index contributed by atoms with van der Waals surface area (Å²) >= 11 is 1.02. The van der Waals surface area contributed by atoms with Gasteiger partial charge in [0.15, 0.2) is 15.6 Å². The highest BCUT2D eigenvalue weighted by atomic mass is 32.2. The first-order chi connectivity index (χ1) is 15.1. The summed E-state index contributed by atoms with van der Waals surface area (Å²) in [6, 6.07) is 1.34. The van der Waals surface area contributed by atoms with Crippen LogP contribution in [0.1, 0.15) is 23.9 Å². The maximum Gasteiger partial charge on any atom is 0.381 e. The number of anilines is 2. The third-order valence-electron chi connectivity index (χ3n) is 4.65. The van der Waals surface area contributed by atoms with Gasteiger partial charge in [0.2, 0.25) is 16.0 Å². The van der Waals surface area contributed by atoms with Crippen LogP contribution in [-0.2, 0) is 9.84 Å². The Labute approximate surface area is 187 Å². The molecule has 1 aliphatic rings. The van der Waals surface area contributed by atoms with Crippen molar-refractivity contribution in [2.75, 3.05) is 36.7 Å². The summed E-state index contributed by atoms with van der Waals surface area (Å²) in [6.45, 7) is 2.28. The number of amides is 1. The Bertz CT molecular complexity index is 1230. The predicted octanol–water partition coefficient (Wildman–Crippen LogP) is 0.940. The summed E-state index contributed by atoms with van der Waals surface area (Å²) in [4.78, 5) is 30.9. The molecule has 0 radical (unpaired) electrons. The molecule has 0 unspecified atom stereocenters. The molecule has 1 amide bonds. The number of methoxy groups -OCH3 is 1. The number of carbonyl (C=O) groups is 1. The van der Waals surface area contributed by atoms with E-state index < -0.39 is 26.6 Å². The van der Waals surface area contributed by atoms with Crippen LogP contribution in [0.15, 0.2) is 32.5 Å². The minimum atomic E-state index is -3.25. The molecular weight excluding hydrogens is 460 g/mol. The van der Waals surface area contributed by atoms with Gasteiger partial charge in [-0.1, -0.05) is 11.3 Å². The van der Waals surface area contributed by atoms with Gasteiger partial charge in [-0.3, -0.25) is 10.1 Å².